The number of benzene rings is 1. The predicted octanol–water partition coefficient (Wildman–Crippen LogP) is 3.64. The zero-order chi connectivity index (χ0) is 24.1. The van der Waals surface area contributed by atoms with Crippen molar-refractivity contribution in [1.82, 2.24) is 19.4 Å². The molecule has 36 heavy (non-hydrogen) atoms. The van der Waals surface area contributed by atoms with Crippen molar-refractivity contribution >= 4 is 17.1 Å². The van der Waals surface area contributed by atoms with E-state index >= 15 is 0 Å². The van der Waals surface area contributed by atoms with Crippen LogP contribution in [0.25, 0.3) is 16.6 Å². The second-order valence-electron chi connectivity index (χ2n) is 11.0. The highest BCUT2D eigenvalue weighted by Gasteiger charge is 2.35. The lowest BCUT2D eigenvalue weighted by molar-refractivity contribution is -0.132. The van der Waals surface area contributed by atoms with Crippen LogP contribution in [0.3, 0.4) is 0 Å². The molecule has 7 heteroatoms. The van der Waals surface area contributed by atoms with E-state index in [1.807, 2.05) is 10.7 Å². The molecule has 188 valence electrons. The fraction of sp³-hybridized carbons (Fsp3) is 0.517. The van der Waals surface area contributed by atoms with E-state index in [2.05, 4.69) is 62.4 Å². The number of carbonyl (C=O) groups excluding carboxylic acids is 1. The predicted molar refractivity (Wildman–Crippen MR) is 140 cm³/mol. The Bertz CT molecular complexity index is 1230. The number of anilines is 1. The number of ether oxygens (including phenoxy) is 1. The summed E-state index contributed by atoms with van der Waals surface area (Å²) < 4.78 is 7.38. The molecule has 0 spiro atoms. The van der Waals surface area contributed by atoms with Crippen LogP contribution < -0.4 is 4.90 Å². The summed E-state index contributed by atoms with van der Waals surface area (Å²) in [4.78, 5) is 19.5. The molecule has 1 aliphatic carbocycles. The molecule has 3 aromatic rings. The van der Waals surface area contributed by atoms with Crippen molar-refractivity contribution in [1.29, 1.82) is 0 Å². The third-order valence-corrected chi connectivity index (χ3v) is 8.73. The highest BCUT2D eigenvalue weighted by Crippen LogP contribution is 2.34. The summed E-state index contributed by atoms with van der Waals surface area (Å²) in [5, 5.41) is 4.59. The van der Waals surface area contributed by atoms with Crippen LogP contribution >= 0.6 is 0 Å². The van der Waals surface area contributed by atoms with Gasteiger partial charge in [0.25, 0.3) is 0 Å². The maximum atomic E-state index is 12.4. The molecule has 3 saturated heterocycles. The number of hydrogen-bond acceptors (Lipinski definition) is 5. The fourth-order valence-electron chi connectivity index (χ4n) is 6.16. The highest BCUT2D eigenvalue weighted by molar-refractivity contribution is 5.82. The van der Waals surface area contributed by atoms with Gasteiger partial charge in [0.1, 0.15) is 0 Å². The second kappa shape index (κ2) is 9.20. The molecular formula is C29H35N5O2. The monoisotopic (exact) mass is 485 g/mol. The molecule has 4 aliphatic rings. The van der Waals surface area contributed by atoms with Crippen molar-refractivity contribution in [2.24, 2.45) is 5.92 Å². The molecule has 0 radical (unpaired) electrons. The number of piperazine rings is 1. The Kier molecular flexibility index (Phi) is 5.70. The van der Waals surface area contributed by atoms with Crippen molar-refractivity contribution in [3.8, 4) is 11.1 Å². The summed E-state index contributed by atoms with van der Waals surface area (Å²) in [5.74, 6) is 1.32. The fourth-order valence-corrected chi connectivity index (χ4v) is 6.16. The molecule has 7 nitrogen and oxygen atoms in total. The second-order valence-corrected chi connectivity index (χ2v) is 11.0. The topological polar surface area (TPSA) is 53.3 Å². The van der Waals surface area contributed by atoms with E-state index in [4.69, 9.17) is 4.74 Å². The molecule has 1 saturated carbocycles. The third kappa shape index (κ3) is 4.18. The largest absolute Gasteiger partial charge is 0.378 e. The number of fused-ring (bicyclic) bond motifs is 1. The van der Waals surface area contributed by atoms with Crippen LogP contribution in [0.5, 0.6) is 0 Å². The lowest BCUT2D eigenvalue weighted by atomic mass is 9.88. The minimum atomic E-state index is 0.305. The molecule has 1 amide bonds. The number of nitrogens with zero attached hydrogens (tertiary/aromatic N) is 5. The molecule has 5 heterocycles. The van der Waals surface area contributed by atoms with Gasteiger partial charge in [-0.25, -0.2) is 4.52 Å². The number of hydrogen-bond donors (Lipinski definition) is 0. The highest BCUT2D eigenvalue weighted by atomic mass is 16.5. The average molecular weight is 486 g/mol. The Balaban J connectivity index is 1.04. The molecule has 0 N–H and O–H groups in total. The maximum absolute atomic E-state index is 12.4. The number of carbonyl (C=O) groups is 1. The van der Waals surface area contributed by atoms with Crippen molar-refractivity contribution in [2.45, 2.75) is 37.6 Å². The SMILES string of the molecule is O=C(C1CC1)N1CCN(c2ccnn3cc(-c4ccc(C5CCN(C6COC6)CC5)cc4)cc23)CC1. The maximum Gasteiger partial charge on any atom is 0.225 e. The van der Waals surface area contributed by atoms with Gasteiger partial charge in [0.2, 0.25) is 5.91 Å². The smallest absolute Gasteiger partial charge is 0.225 e. The summed E-state index contributed by atoms with van der Waals surface area (Å²) in [5.41, 5.74) is 6.23. The molecule has 0 unspecified atom stereocenters. The van der Waals surface area contributed by atoms with Gasteiger partial charge in [-0.1, -0.05) is 24.3 Å². The van der Waals surface area contributed by atoms with Gasteiger partial charge in [-0.15, -0.1) is 0 Å². The molecular weight excluding hydrogens is 450 g/mol. The van der Waals surface area contributed by atoms with Crippen LogP contribution in [0.4, 0.5) is 5.69 Å². The Labute approximate surface area is 212 Å². The van der Waals surface area contributed by atoms with E-state index in [1.54, 1.807) is 0 Å². The van der Waals surface area contributed by atoms with Crippen LogP contribution in [0, 0.1) is 5.92 Å². The molecule has 2 aromatic heterocycles. The Hall–Kier alpha value is -2.90. The summed E-state index contributed by atoms with van der Waals surface area (Å²) in [6.45, 7) is 7.57. The van der Waals surface area contributed by atoms with E-state index < -0.39 is 0 Å². The molecule has 0 atom stereocenters. The van der Waals surface area contributed by atoms with Crippen molar-refractivity contribution < 1.29 is 9.53 Å². The number of rotatable bonds is 5. The molecule has 3 aliphatic heterocycles. The van der Waals surface area contributed by atoms with Gasteiger partial charge < -0.3 is 14.5 Å². The number of likely N-dealkylation sites (tertiary alicyclic amines) is 1. The summed E-state index contributed by atoms with van der Waals surface area (Å²) in [7, 11) is 0. The normalized spacial score (nSPS) is 22.2. The van der Waals surface area contributed by atoms with E-state index in [9.17, 15) is 4.79 Å². The first-order valence-electron chi connectivity index (χ1n) is 13.7. The van der Waals surface area contributed by atoms with E-state index in [0.717, 1.165) is 57.8 Å². The van der Waals surface area contributed by atoms with Crippen molar-refractivity contribution in [2.75, 3.05) is 57.4 Å². The van der Waals surface area contributed by atoms with Crippen molar-refractivity contribution in [3.05, 3.63) is 54.4 Å². The van der Waals surface area contributed by atoms with Crippen LogP contribution in [-0.2, 0) is 9.53 Å². The number of piperidine rings is 1. The van der Waals surface area contributed by atoms with Crippen molar-refractivity contribution in [3.63, 3.8) is 0 Å². The lowest BCUT2D eigenvalue weighted by Crippen LogP contribution is -2.51. The van der Waals surface area contributed by atoms with Gasteiger partial charge in [0.05, 0.1) is 30.5 Å². The van der Waals surface area contributed by atoms with Gasteiger partial charge in [0.15, 0.2) is 0 Å². The van der Waals surface area contributed by atoms with Crippen LogP contribution in [0.1, 0.15) is 37.2 Å². The minimum Gasteiger partial charge on any atom is -0.378 e. The molecule has 4 fully saturated rings. The first-order valence-corrected chi connectivity index (χ1v) is 13.7. The first-order chi connectivity index (χ1) is 17.7. The van der Waals surface area contributed by atoms with Gasteiger partial charge in [-0.3, -0.25) is 9.69 Å². The standard InChI is InChI=1S/C29H35N5O2/c35-29(24-5-6-24)33-15-13-32(14-16-33)27-7-10-30-34-18-25(17-28(27)34)22-3-1-21(2-4-22)23-8-11-31(12-9-23)26-19-36-20-26/h1-4,7,10,17-18,23-24,26H,5-6,8-9,11-16,19-20H2. The summed E-state index contributed by atoms with van der Waals surface area (Å²) in [6.07, 6.45) is 8.65. The number of amides is 1. The average Bonchev–Trinajstić information content (AvgIpc) is 3.66. The molecule has 7 rings (SSSR count). The lowest BCUT2D eigenvalue weighted by Gasteiger charge is -2.41. The summed E-state index contributed by atoms with van der Waals surface area (Å²) >= 11 is 0. The van der Waals surface area contributed by atoms with Gasteiger partial charge in [-0.2, -0.15) is 5.10 Å². The zero-order valence-electron chi connectivity index (χ0n) is 20.9. The van der Waals surface area contributed by atoms with E-state index in [1.165, 1.54) is 48.3 Å². The molecule has 1 aromatic carbocycles. The Morgan fingerprint density at radius 1 is 0.861 bits per heavy atom. The van der Waals surface area contributed by atoms with Gasteiger partial charge >= 0.3 is 0 Å². The van der Waals surface area contributed by atoms with Crippen LogP contribution in [0.2, 0.25) is 0 Å². The van der Waals surface area contributed by atoms with Gasteiger partial charge in [0, 0.05) is 50.1 Å². The molecule has 0 bridgehead atoms. The Morgan fingerprint density at radius 3 is 2.28 bits per heavy atom. The third-order valence-electron chi connectivity index (χ3n) is 8.73. The number of aromatic nitrogens is 2. The Morgan fingerprint density at radius 2 is 1.61 bits per heavy atom. The van der Waals surface area contributed by atoms with Crippen LogP contribution in [0.15, 0.2) is 48.8 Å². The first kappa shape index (κ1) is 22.3. The minimum absolute atomic E-state index is 0.305. The van der Waals surface area contributed by atoms with E-state index in [0.29, 0.717) is 23.8 Å². The summed E-state index contributed by atoms with van der Waals surface area (Å²) in [6, 6.07) is 14.2. The van der Waals surface area contributed by atoms with E-state index in [-0.39, 0.29) is 0 Å². The van der Waals surface area contributed by atoms with Crippen LogP contribution in [-0.4, -0.2) is 83.8 Å². The van der Waals surface area contributed by atoms with Gasteiger partial charge in [-0.05, 0) is 68.0 Å². The zero-order valence-corrected chi connectivity index (χ0v) is 20.9. The quantitative estimate of drug-likeness (QED) is 0.552.